The molecule has 0 spiro atoms. The van der Waals surface area contributed by atoms with E-state index >= 15 is 0 Å². The van der Waals surface area contributed by atoms with E-state index in [1.807, 2.05) is 95.6 Å². The number of aliphatic carboxylic acids is 1. The van der Waals surface area contributed by atoms with Gasteiger partial charge in [-0.2, -0.15) is 0 Å². The maximum Gasteiger partial charge on any atom is 0.323 e. The van der Waals surface area contributed by atoms with Crippen molar-refractivity contribution in [1.82, 2.24) is 9.55 Å². The topological polar surface area (TPSA) is 67.2 Å². The van der Waals surface area contributed by atoms with Crippen LogP contribution in [-0.2, 0) is 11.3 Å². The molecule has 4 aromatic carbocycles. The zero-order valence-electron chi connectivity index (χ0n) is 20.1. The van der Waals surface area contributed by atoms with Gasteiger partial charge >= 0.3 is 5.97 Å². The molecule has 1 aromatic heterocycles. The van der Waals surface area contributed by atoms with E-state index in [1.54, 1.807) is 0 Å². The van der Waals surface area contributed by atoms with Crippen molar-refractivity contribution in [3.8, 4) is 45.0 Å². The molecule has 1 heterocycles. The van der Waals surface area contributed by atoms with Crippen LogP contribution in [0, 0.1) is 0 Å². The number of nitrogens with zero attached hydrogens (tertiary/aromatic N) is 2. The first-order chi connectivity index (χ1) is 17.7. The summed E-state index contributed by atoms with van der Waals surface area (Å²) in [7, 11) is 0. The molecule has 178 valence electrons. The molecule has 5 aromatic rings. The molecule has 0 saturated carbocycles. The lowest BCUT2D eigenvalue weighted by Crippen LogP contribution is -2.12. The number of carboxylic acid groups (broad SMARTS) is 1. The van der Waals surface area contributed by atoms with Crippen LogP contribution in [0.2, 0.25) is 0 Å². The van der Waals surface area contributed by atoms with Gasteiger partial charge in [0, 0.05) is 28.9 Å². The second-order valence-electron chi connectivity index (χ2n) is 8.50. The van der Waals surface area contributed by atoms with Gasteiger partial charge in [-0.25, -0.2) is 4.98 Å². The van der Waals surface area contributed by atoms with Crippen LogP contribution in [0.25, 0.3) is 45.0 Å². The SMILES string of the molecule is CCNc1cccc(-c2ccccc2-c2nc(-c3ccccc3)c(-c3ccccc3)n2CC(=O)O)c1. The van der Waals surface area contributed by atoms with E-state index < -0.39 is 5.97 Å². The molecule has 0 aliphatic rings. The summed E-state index contributed by atoms with van der Waals surface area (Å²) >= 11 is 0. The molecular formula is C31H27N3O2. The zero-order valence-corrected chi connectivity index (χ0v) is 20.1. The quantitative estimate of drug-likeness (QED) is 0.253. The molecule has 2 N–H and O–H groups in total. The van der Waals surface area contributed by atoms with Gasteiger partial charge in [-0.05, 0) is 30.2 Å². The maximum absolute atomic E-state index is 12.1. The molecule has 0 aliphatic heterocycles. The minimum absolute atomic E-state index is 0.203. The van der Waals surface area contributed by atoms with E-state index in [-0.39, 0.29) is 6.54 Å². The van der Waals surface area contributed by atoms with Gasteiger partial charge in [0.05, 0.1) is 11.4 Å². The van der Waals surface area contributed by atoms with Gasteiger partial charge in [0.2, 0.25) is 0 Å². The van der Waals surface area contributed by atoms with Crippen molar-refractivity contribution < 1.29 is 9.90 Å². The highest BCUT2D eigenvalue weighted by molar-refractivity contribution is 5.88. The first-order valence-electron chi connectivity index (χ1n) is 12.0. The Balaban J connectivity index is 1.79. The Morgan fingerprint density at radius 3 is 2.06 bits per heavy atom. The molecule has 5 heteroatoms. The van der Waals surface area contributed by atoms with Crippen LogP contribution in [0.15, 0.2) is 109 Å². The highest BCUT2D eigenvalue weighted by Gasteiger charge is 2.24. The number of hydrogen-bond donors (Lipinski definition) is 2. The van der Waals surface area contributed by atoms with Gasteiger partial charge in [0.1, 0.15) is 12.4 Å². The molecule has 0 bridgehead atoms. The van der Waals surface area contributed by atoms with E-state index in [1.165, 1.54) is 0 Å². The summed E-state index contributed by atoms with van der Waals surface area (Å²) in [5, 5.41) is 13.3. The molecule has 5 rings (SSSR count). The van der Waals surface area contributed by atoms with Crippen molar-refractivity contribution in [2.45, 2.75) is 13.5 Å². The highest BCUT2D eigenvalue weighted by Crippen LogP contribution is 2.39. The fraction of sp³-hybridized carbons (Fsp3) is 0.0968. The summed E-state index contributed by atoms with van der Waals surface area (Å²) < 4.78 is 1.83. The highest BCUT2D eigenvalue weighted by atomic mass is 16.4. The summed E-state index contributed by atoms with van der Waals surface area (Å²) in [6.45, 7) is 2.69. The van der Waals surface area contributed by atoms with Gasteiger partial charge in [-0.15, -0.1) is 0 Å². The zero-order chi connectivity index (χ0) is 24.9. The molecular weight excluding hydrogens is 446 g/mol. The normalized spacial score (nSPS) is 10.8. The van der Waals surface area contributed by atoms with Gasteiger partial charge in [-0.1, -0.05) is 97.1 Å². The molecule has 0 radical (unpaired) electrons. The first-order valence-corrected chi connectivity index (χ1v) is 12.0. The van der Waals surface area contributed by atoms with Crippen LogP contribution in [0.3, 0.4) is 0 Å². The van der Waals surface area contributed by atoms with E-state index in [0.29, 0.717) is 5.82 Å². The first kappa shape index (κ1) is 23.1. The Morgan fingerprint density at radius 2 is 1.39 bits per heavy atom. The van der Waals surface area contributed by atoms with Crippen molar-refractivity contribution in [3.63, 3.8) is 0 Å². The molecule has 36 heavy (non-hydrogen) atoms. The molecule has 0 unspecified atom stereocenters. The van der Waals surface area contributed by atoms with Crippen LogP contribution in [0.1, 0.15) is 6.92 Å². The maximum atomic E-state index is 12.1. The Bertz CT molecular complexity index is 1490. The van der Waals surface area contributed by atoms with Crippen LogP contribution < -0.4 is 5.32 Å². The summed E-state index contributed by atoms with van der Waals surface area (Å²) in [6, 6.07) is 36.1. The number of carboxylic acids is 1. The third kappa shape index (κ3) is 4.64. The Labute approximate surface area is 210 Å². The van der Waals surface area contributed by atoms with Crippen LogP contribution in [0.5, 0.6) is 0 Å². The van der Waals surface area contributed by atoms with Crippen LogP contribution >= 0.6 is 0 Å². The van der Waals surface area contributed by atoms with Gasteiger partial charge in [0.15, 0.2) is 0 Å². The second kappa shape index (κ2) is 10.3. The Kier molecular flexibility index (Phi) is 6.63. The third-order valence-electron chi connectivity index (χ3n) is 6.08. The lowest BCUT2D eigenvalue weighted by atomic mass is 9.98. The van der Waals surface area contributed by atoms with E-state index in [2.05, 4.69) is 30.4 Å². The average molecular weight is 474 g/mol. The molecule has 0 atom stereocenters. The number of anilines is 1. The van der Waals surface area contributed by atoms with Crippen molar-refractivity contribution in [2.24, 2.45) is 0 Å². The standard InChI is InChI=1S/C31H27N3O2/c1-2-32-25-17-11-16-24(20-25)26-18-9-10-19-27(26)31-33-29(22-12-5-3-6-13-22)30(34(31)21-28(35)36)23-14-7-4-8-15-23/h3-20,32H,2,21H2,1H3,(H,35,36). The number of rotatable bonds is 8. The van der Waals surface area contributed by atoms with Gasteiger partial charge < -0.3 is 15.0 Å². The predicted octanol–water partition coefficient (Wildman–Crippen LogP) is 7.07. The number of aromatic nitrogens is 2. The smallest absolute Gasteiger partial charge is 0.323 e. The third-order valence-corrected chi connectivity index (χ3v) is 6.08. The van der Waals surface area contributed by atoms with E-state index in [0.717, 1.165) is 51.4 Å². The van der Waals surface area contributed by atoms with Crippen LogP contribution in [0.4, 0.5) is 5.69 Å². The Morgan fingerprint density at radius 1 is 0.778 bits per heavy atom. The van der Waals surface area contributed by atoms with Crippen molar-refractivity contribution >= 4 is 11.7 Å². The number of nitrogens with one attached hydrogen (secondary N) is 1. The number of benzene rings is 4. The predicted molar refractivity (Wildman–Crippen MR) is 146 cm³/mol. The summed E-state index contributed by atoms with van der Waals surface area (Å²) in [6.07, 6.45) is 0. The summed E-state index contributed by atoms with van der Waals surface area (Å²) in [5.74, 6) is -0.295. The number of imidazole rings is 1. The molecule has 0 saturated heterocycles. The molecule has 0 aliphatic carbocycles. The summed E-state index contributed by atoms with van der Waals surface area (Å²) in [5.41, 5.74) is 7.35. The van der Waals surface area contributed by atoms with E-state index in [9.17, 15) is 9.90 Å². The van der Waals surface area contributed by atoms with Gasteiger partial charge in [-0.3, -0.25) is 4.79 Å². The van der Waals surface area contributed by atoms with Gasteiger partial charge in [0.25, 0.3) is 0 Å². The van der Waals surface area contributed by atoms with Crippen molar-refractivity contribution in [3.05, 3.63) is 109 Å². The monoisotopic (exact) mass is 473 g/mol. The minimum Gasteiger partial charge on any atom is -0.480 e. The molecule has 0 amide bonds. The minimum atomic E-state index is -0.919. The van der Waals surface area contributed by atoms with Crippen molar-refractivity contribution in [1.29, 1.82) is 0 Å². The molecule has 0 fully saturated rings. The number of hydrogen-bond acceptors (Lipinski definition) is 3. The lowest BCUT2D eigenvalue weighted by molar-refractivity contribution is -0.137. The van der Waals surface area contributed by atoms with Crippen LogP contribution in [-0.4, -0.2) is 27.2 Å². The molecule has 5 nitrogen and oxygen atoms in total. The largest absolute Gasteiger partial charge is 0.480 e. The lowest BCUT2D eigenvalue weighted by Gasteiger charge is -2.14. The number of carbonyl (C=O) groups is 1. The fourth-order valence-electron chi connectivity index (χ4n) is 4.56. The second-order valence-corrected chi connectivity index (χ2v) is 8.50. The van der Waals surface area contributed by atoms with E-state index in [4.69, 9.17) is 4.98 Å². The van der Waals surface area contributed by atoms with Crippen molar-refractivity contribution in [2.75, 3.05) is 11.9 Å². The summed E-state index contributed by atoms with van der Waals surface area (Å²) in [4.78, 5) is 17.2. The Hall–Kier alpha value is -4.64. The average Bonchev–Trinajstić information content (AvgIpc) is 3.28. The fourth-order valence-corrected chi connectivity index (χ4v) is 4.56.